The summed E-state index contributed by atoms with van der Waals surface area (Å²) in [6.07, 6.45) is 10.5. The van der Waals surface area contributed by atoms with Crippen molar-refractivity contribution < 1.29 is 0 Å². The molecule has 0 aromatic rings. The third-order valence-corrected chi connectivity index (χ3v) is 4.52. The van der Waals surface area contributed by atoms with Crippen molar-refractivity contribution in [1.29, 1.82) is 0 Å². The van der Waals surface area contributed by atoms with E-state index < -0.39 is 0 Å². The molecule has 0 heteroatoms. The zero-order chi connectivity index (χ0) is 7.95. The van der Waals surface area contributed by atoms with Gasteiger partial charge in [0.25, 0.3) is 0 Å². The van der Waals surface area contributed by atoms with Crippen molar-refractivity contribution in [3.05, 3.63) is 0 Å². The molecule has 0 unspecified atom stereocenters. The van der Waals surface area contributed by atoms with Gasteiger partial charge >= 0.3 is 0 Å². The molecule has 2 rings (SSSR count). The topological polar surface area (TPSA) is 0 Å². The van der Waals surface area contributed by atoms with Crippen molar-refractivity contribution in [2.45, 2.75) is 58.8 Å². The van der Waals surface area contributed by atoms with Gasteiger partial charge < -0.3 is 0 Å². The van der Waals surface area contributed by atoms with Gasteiger partial charge in [0.1, 0.15) is 0 Å². The molecule has 0 N–H and O–H groups in total. The summed E-state index contributed by atoms with van der Waals surface area (Å²) < 4.78 is 0. The zero-order valence-corrected chi connectivity index (χ0v) is 7.95. The van der Waals surface area contributed by atoms with E-state index in [1.165, 1.54) is 44.9 Å². The van der Waals surface area contributed by atoms with Crippen LogP contribution in [0.5, 0.6) is 0 Å². The fourth-order valence-electron chi connectivity index (χ4n) is 3.22. The normalized spacial score (nSPS) is 32.2. The molecule has 0 spiro atoms. The first-order valence-electron chi connectivity index (χ1n) is 5.22. The first-order chi connectivity index (χ1) is 5.22. The van der Waals surface area contributed by atoms with Gasteiger partial charge in [-0.2, -0.15) is 0 Å². The molecular formula is C11H20. The Bertz CT molecular complexity index is 147. The lowest BCUT2D eigenvalue weighted by atomic mass is 9.71. The van der Waals surface area contributed by atoms with Crippen LogP contribution in [-0.2, 0) is 0 Å². The monoisotopic (exact) mass is 152 g/mol. The maximum absolute atomic E-state index is 2.54. The number of hydrogen-bond donors (Lipinski definition) is 0. The lowest BCUT2D eigenvalue weighted by Gasteiger charge is -2.33. The summed E-state index contributed by atoms with van der Waals surface area (Å²) in [5.74, 6) is 0. The lowest BCUT2D eigenvalue weighted by Crippen LogP contribution is -2.24. The van der Waals surface area contributed by atoms with Crippen molar-refractivity contribution in [3.63, 3.8) is 0 Å². The van der Waals surface area contributed by atoms with Gasteiger partial charge in [0.2, 0.25) is 0 Å². The van der Waals surface area contributed by atoms with E-state index in [0.717, 1.165) is 10.8 Å². The van der Waals surface area contributed by atoms with E-state index >= 15 is 0 Å². The van der Waals surface area contributed by atoms with E-state index in [2.05, 4.69) is 13.8 Å². The van der Waals surface area contributed by atoms with Crippen molar-refractivity contribution in [2.24, 2.45) is 10.8 Å². The van der Waals surface area contributed by atoms with E-state index in [-0.39, 0.29) is 0 Å². The molecule has 2 aliphatic carbocycles. The van der Waals surface area contributed by atoms with Gasteiger partial charge in [-0.25, -0.2) is 0 Å². The molecule has 0 amide bonds. The summed E-state index contributed by atoms with van der Waals surface area (Å²) in [6, 6.07) is 0. The van der Waals surface area contributed by atoms with Crippen molar-refractivity contribution >= 4 is 0 Å². The van der Waals surface area contributed by atoms with E-state index in [1.54, 1.807) is 0 Å². The molecular weight excluding hydrogens is 132 g/mol. The van der Waals surface area contributed by atoms with Gasteiger partial charge in [-0.05, 0) is 42.9 Å². The molecule has 2 saturated carbocycles. The van der Waals surface area contributed by atoms with Gasteiger partial charge in [-0.15, -0.1) is 0 Å². The Morgan fingerprint density at radius 3 is 1.91 bits per heavy atom. The van der Waals surface area contributed by atoms with Gasteiger partial charge in [0.05, 0.1) is 0 Å². The highest BCUT2D eigenvalue weighted by Crippen LogP contribution is 2.66. The van der Waals surface area contributed by atoms with E-state index in [4.69, 9.17) is 0 Å². The maximum atomic E-state index is 2.54. The molecule has 2 fully saturated rings. The molecule has 0 saturated heterocycles. The van der Waals surface area contributed by atoms with Gasteiger partial charge in [0, 0.05) is 0 Å². The number of rotatable bonds is 2. The van der Waals surface area contributed by atoms with Gasteiger partial charge in [0.15, 0.2) is 0 Å². The van der Waals surface area contributed by atoms with Crippen LogP contribution < -0.4 is 0 Å². The van der Waals surface area contributed by atoms with Gasteiger partial charge in [-0.3, -0.25) is 0 Å². The molecule has 0 heterocycles. The van der Waals surface area contributed by atoms with Crippen LogP contribution in [0, 0.1) is 10.8 Å². The predicted octanol–water partition coefficient (Wildman–Crippen LogP) is 3.76. The summed E-state index contributed by atoms with van der Waals surface area (Å²) in [7, 11) is 0. The molecule has 0 aromatic carbocycles. The summed E-state index contributed by atoms with van der Waals surface area (Å²) in [6.45, 7) is 4.92. The molecule has 0 atom stereocenters. The average Bonchev–Trinajstić information content (AvgIpc) is 2.71. The van der Waals surface area contributed by atoms with Crippen molar-refractivity contribution in [1.82, 2.24) is 0 Å². The fraction of sp³-hybridized carbons (Fsp3) is 1.00. The van der Waals surface area contributed by atoms with Crippen LogP contribution >= 0.6 is 0 Å². The lowest BCUT2D eigenvalue weighted by molar-refractivity contribution is 0.161. The highest BCUT2D eigenvalue weighted by Gasteiger charge is 2.55. The van der Waals surface area contributed by atoms with Crippen molar-refractivity contribution in [2.75, 3.05) is 0 Å². The standard InChI is InChI=1S/C11H20/c1-3-11(8-9-11)10(2)6-4-5-7-10/h3-9H2,1-2H3. The molecule has 2 aliphatic rings. The Morgan fingerprint density at radius 2 is 1.55 bits per heavy atom. The molecule has 11 heavy (non-hydrogen) atoms. The Kier molecular flexibility index (Phi) is 1.56. The first-order valence-corrected chi connectivity index (χ1v) is 5.22. The summed E-state index contributed by atoms with van der Waals surface area (Å²) in [5.41, 5.74) is 1.56. The Labute approximate surface area is 70.4 Å². The quantitative estimate of drug-likeness (QED) is 0.565. The maximum Gasteiger partial charge on any atom is -0.0246 e. The molecule has 0 aliphatic heterocycles. The highest BCUT2D eigenvalue weighted by atomic mass is 14.6. The molecule has 0 nitrogen and oxygen atoms in total. The van der Waals surface area contributed by atoms with Crippen LogP contribution in [0.25, 0.3) is 0 Å². The smallest absolute Gasteiger partial charge is 0.0246 e. The SMILES string of the molecule is CCC1(C2(C)CCCC2)CC1. The highest BCUT2D eigenvalue weighted by molar-refractivity contribution is 5.05. The fourth-order valence-corrected chi connectivity index (χ4v) is 3.22. The third-order valence-electron chi connectivity index (χ3n) is 4.52. The zero-order valence-electron chi connectivity index (χ0n) is 7.95. The third kappa shape index (κ3) is 0.947. The van der Waals surface area contributed by atoms with Crippen LogP contribution in [0.4, 0.5) is 0 Å². The molecule has 64 valence electrons. The van der Waals surface area contributed by atoms with E-state index in [0.29, 0.717) is 0 Å². The Balaban J connectivity index is 2.12. The Morgan fingerprint density at radius 1 is 1.00 bits per heavy atom. The largest absolute Gasteiger partial charge is 0.0648 e. The van der Waals surface area contributed by atoms with Crippen LogP contribution in [0.3, 0.4) is 0 Å². The second-order valence-corrected chi connectivity index (χ2v) is 4.90. The van der Waals surface area contributed by atoms with Crippen LogP contribution in [0.1, 0.15) is 58.8 Å². The molecule has 0 aromatic heterocycles. The summed E-state index contributed by atoms with van der Waals surface area (Å²) in [5, 5.41) is 0. The second kappa shape index (κ2) is 2.24. The minimum Gasteiger partial charge on any atom is -0.0648 e. The molecule has 0 bridgehead atoms. The van der Waals surface area contributed by atoms with Crippen LogP contribution in [0.2, 0.25) is 0 Å². The average molecular weight is 152 g/mol. The van der Waals surface area contributed by atoms with Gasteiger partial charge in [-0.1, -0.05) is 26.7 Å². The van der Waals surface area contributed by atoms with Crippen molar-refractivity contribution in [3.8, 4) is 0 Å². The minimum atomic E-state index is 0.752. The summed E-state index contributed by atoms with van der Waals surface area (Å²) >= 11 is 0. The van der Waals surface area contributed by atoms with E-state index in [9.17, 15) is 0 Å². The van der Waals surface area contributed by atoms with Crippen LogP contribution in [0.15, 0.2) is 0 Å². The Hall–Kier alpha value is 0. The first kappa shape index (κ1) is 7.64. The minimum absolute atomic E-state index is 0.752. The molecule has 0 radical (unpaired) electrons. The van der Waals surface area contributed by atoms with Crippen LogP contribution in [-0.4, -0.2) is 0 Å². The summed E-state index contributed by atoms with van der Waals surface area (Å²) in [4.78, 5) is 0. The second-order valence-electron chi connectivity index (χ2n) is 4.90. The van der Waals surface area contributed by atoms with E-state index in [1.807, 2.05) is 0 Å². The number of hydrogen-bond acceptors (Lipinski definition) is 0. The predicted molar refractivity (Wildman–Crippen MR) is 48.5 cm³/mol.